The molecule has 18 heavy (non-hydrogen) atoms. The zero-order valence-electron chi connectivity index (χ0n) is 10.6. The fraction of sp³-hybridized carbons (Fsp3) is 0.467. The molecule has 0 bridgehead atoms. The Hall–Kier alpha value is -1.50. The normalized spacial score (nSPS) is 17.3. The number of hydrogen-bond donors (Lipinski definition) is 1. The highest BCUT2D eigenvalue weighted by atomic mass is 16.5. The van der Waals surface area contributed by atoms with Gasteiger partial charge in [-0.2, -0.15) is 0 Å². The largest absolute Gasteiger partial charge is 0.481 e. The monoisotopic (exact) mass is 244 g/mol. The van der Waals surface area contributed by atoms with Crippen LogP contribution in [0.15, 0.2) is 24.3 Å². The molecule has 0 saturated carbocycles. The van der Waals surface area contributed by atoms with Crippen LogP contribution in [-0.4, -0.2) is 30.6 Å². The van der Waals surface area contributed by atoms with E-state index in [4.69, 9.17) is 16.9 Å². The summed E-state index contributed by atoms with van der Waals surface area (Å²) in [5, 5.41) is 0. The third-order valence-corrected chi connectivity index (χ3v) is 3.28. The van der Waals surface area contributed by atoms with Gasteiger partial charge < -0.3 is 10.5 Å². The molecule has 0 atom stereocenters. The van der Waals surface area contributed by atoms with E-state index in [2.05, 4.69) is 23.0 Å². The number of hydrogen-bond acceptors (Lipinski definition) is 3. The quantitative estimate of drug-likeness (QED) is 0.818. The van der Waals surface area contributed by atoms with Crippen molar-refractivity contribution in [3.05, 3.63) is 29.8 Å². The third kappa shape index (κ3) is 3.76. The summed E-state index contributed by atoms with van der Waals surface area (Å²) in [4.78, 5) is 2.45. The Morgan fingerprint density at radius 1 is 1.28 bits per heavy atom. The molecule has 1 saturated heterocycles. The molecule has 1 aliphatic heterocycles. The average Bonchev–Trinajstić information content (AvgIpc) is 2.41. The minimum absolute atomic E-state index is 0.323. The molecule has 2 rings (SSSR count). The van der Waals surface area contributed by atoms with Crippen LogP contribution in [0.3, 0.4) is 0 Å². The van der Waals surface area contributed by atoms with Crippen molar-refractivity contribution in [2.24, 2.45) is 5.73 Å². The van der Waals surface area contributed by atoms with Gasteiger partial charge in [0, 0.05) is 12.6 Å². The first kappa shape index (κ1) is 12.9. The average molecular weight is 244 g/mol. The maximum Gasteiger partial charge on any atom is 0.148 e. The van der Waals surface area contributed by atoms with Crippen molar-refractivity contribution in [1.29, 1.82) is 0 Å². The van der Waals surface area contributed by atoms with Crippen molar-refractivity contribution in [3.8, 4) is 18.1 Å². The minimum Gasteiger partial charge on any atom is -0.481 e. The van der Waals surface area contributed by atoms with E-state index in [1.165, 1.54) is 5.56 Å². The van der Waals surface area contributed by atoms with Gasteiger partial charge in [-0.25, -0.2) is 0 Å². The number of benzene rings is 1. The Balaban J connectivity index is 1.84. The van der Waals surface area contributed by atoms with Crippen LogP contribution in [0.25, 0.3) is 0 Å². The van der Waals surface area contributed by atoms with Gasteiger partial charge in [0.15, 0.2) is 0 Å². The van der Waals surface area contributed by atoms with Crippen molar-refractivity contribution in [2.75, 3.05) is 19.7 Å². The van der Waals surface area contributed by atoms with Crippen LogP contribution >= 0.6 is 0 Å². The molecule has 3 heteroatoms. The van der Waals surface area contributed by atoms with Crippen molar-refractivity contribution >= 4 is 0 Å². The Kier molecular flexibility index (Phi) is 4.63. The Morgan fingerprint density at radius 3 is 2.56 bits per heavy atom. The Morgan fingerprint density at radius 2 is 1.94 bits per heavy atom. The van der Waals surface area contributed by atoms with E-state index in [1.807, 2.05) is 12.1 Å². The molecule has 0 spiro atoms. The zero-order valence-corrected chi connectivity index (χ0v) is 10.6. The van der Waals surface area contributed by atoms with Gasteiger partial charge in [0.25, 0.3) is 0 Å². The summed E-state index contributed by atoms with van der Waals surface area (Å²) in [5.41, 5.74) is 7.20. The molecular weight excluding hydrogens is 224 g/mol. The van der Waals surface area contributed by atoms with Crippen molar-refractivity contribution in [3.63, 3.8) is 0 Å². The van der Waals surface area contributed by atoms with Crippen molar-refractivity contribution in [1.82, 2.24) is 4.90 Å². The lowest BCUT2D eigenvalue weighted by molar-refractivity contribution is 0.205. The molecule has 0 amide bonds. The van der Waals surface area contributed by atoms with Crippen LogP contribution in [0.2, 0.25) is 0 Å². The molecule has 2 N–H and O–H groups in total. The summed E-state index contributed by atoms with van der Waals surface area (Å²) in [6, 6.07) is 8.53. The summed E-state index contributed by atoms with van der Waals surface area (Å²) in [6.07, 6.45) is 7.35. The number of piperidine rings is 1. The van der Waals surface area contributed by atoms with E-state index in [0.717, 1.165) is 38.2 Å². The SMILES string of the molecule is C#CCOc1ccc(CN2CCC(N)CC2)cc1. The minimum atomic E-state index is 0.323. The zero-order chi connectivity index (χ0) is 12.8. The molecule has 0 aromatic heterocycles. The van der Waals surface area contributed by atoms with Gasteiger partial charge in [-0.15, -0.1) is 6.42 Å². The first-order chi connectivity index (χ1) is 8.78. The van der Waals surface area contributed by atoms with E-state index < -0.39 is 0 Å². The second-order valence-corrected chi connectivity index (χ2v) is 4.75. The molecular formula is C15H20N2O. The summed E-state index contributed by atoms with van der Waals surface area (Å²) < 4.78 is 5.35. The molecule has 0 unspecified atom stereocenters. The first-order valence-electron chi connectivity index (χ1n) is 6.41. The molecule has 1 heterocycles. The fourth-order valence-electron chi connectivity index (χ4n) is 2.19. The number of terminal acetylenes is 1. The summed E-state index contributed by atoms with van der Waals surface area (Å²) in [7, 11) is 0. The number of rotatable bonds is 4. The summed E-state index contributed by atoms with van der Waals surface area (Å²) in [5.74, 6) is 3.29. The van der Waals surface area contributed by atoms with Gasteiger partial charge in [-0.3, -0.25) is 4.90 Å². The maximum absolute atomic E-state index is 5.90. The lowest BCUT2D eigenvalue weighted by Gasteiger charge is -2.30. The van der Waals surface area contributed by atoms with Crippen LogP contribution in [0.1, 0.15) is 18.4 Å². The molecule has 1 fully saturated rings. The molecule has 96 valence electrons. The van der Waals surface area contributed by atoms with Crippen LogP contribution in [0, 0.1) is 12.3 Å². The van der Waals surface area contributed by atoms with Gasteiger partial charge in [0.2, 0.25) is 0 Å². The highest BCUT2D eigenvalue weighted by molar-refractivity contribution is 5.27. The predicted octanol–water partition coefficient (Wildman–Crippen LogP) is 1.62. The molecule has 1 aromatic rings. The fourth-order valence-corrected chi connectivity index (χ4v) is 2.19. The summed E-state index contributed by atoms with van der Waals surface area (Å²) in [6.45, 7) is 3.50. The van der Waals surface area contributed by atoms with E-state index >= 15 is 0 Å². The molecule has 3 nitrogen and oxygen atoms in total. The topological polar surface area (TPSA) is 38.5 Å². The first-order valence-corrected chi connectivity index (χ1v) is 6.41. The number of nitrogens with zero attached hydrogens (tertiary/aromatic N) is 1. The van der Waals surface area contributed by atoms with Gasteiger partial charge in [-0.1, -0.05) is 18.1 Å². The van der Waals surface area contributed by atoms with E-state index in [9.17, 15) is 0 Å². The highest BCUT2D eigenvalue weighted by Crippen LogP contribution is 2.16. The van der Waals surface area contributed by atoms with Gasteiger partial charge in [0.1, 0.15) is 12.4 Å². The van der Waals surface area contributed by atoms with Gasteiger partial charge in [0.05, 0.1) is 0 Å². The van der Waals surface area contributed by atoms with E-state index in [0.29, 0.717) is 12.6 Å². The second-order valence-electron chi connectivity index (χ2n) is 4.75. The van der Waals surface area contributed by atoms with Crippen molar-refractivity contribution < 1.29 is 4.74 Å². The van der Waals surface area contributed by atoms with E-state index in [-0.39, 0.29) is 0 Å². The predicted molar refractivity (Wildman–Crippen MR) is 73.3 cm³/mol. The number of ether oxygens (including phenoxy) is 1. The van der Waals surface area contributed by atoms with Crippen LogP contribution in [-0.2, 0) is 6.54 Å². The standard InChI is InChI=1S/C15H20N2O/c1-2-11-18-15-5-3-13(4-6-15)12-17-9-7-14(16)8-10-17/h1,3-6,14H,7-12,16H2. The van der Waals surface area contributed by atoms with Gasteiger partial charge >= 0.3 is 0 Å². The number of nitrogens with two attached hydrogens (primary N) is 1. The maximum atomic E-state index is 5.90. The third-order valence-electron chi connectivity index (χ3n) is 3.28. The molecule has 1 aliphatic rings. The summed E-state index contributed by atoms with van der Waals surface area (Å²) >= 11 is 0. The molecule has 0 aliphatic carbocycles. The van der Waals surface area contributed by atoms with E-state index in [1.54, 1.807) is 0 Å². The number of likely N-dealkylation sites (tertiary alicyclic amines) is 1. The molecule has 0 radical (unpaired) electrons. The second kappa shape index (κ2) is 6.44. The molecule has 1 aromatic carbocycles. The lowest BCUT2D eigenvalue weighted by Crippen LogP contribution is -2.39. The lowest BCUT2D eigenvalue weighted by atomic mass is 10.1. The Labute approximate surface area is 109 Å². The Bertz CT molecular complexity index is 399. The highest BCUT2D eigenvalue weighted by Gasteiger charge is 2.15. The van der Waals surface area contributed by atoms with Crippen LogP contribution < -0.4 is 10.5 Å². The van der Waals surface area contributed by atoms with Crippen LogP contribution in [0.5, 0.6) is 5.75 Å². The van der Waals surface area contributed by atoms with Crippen molar-refractivity contribution in [2.45, 2.75) is 25.4 Å². The van der Waals surface area contributed by atoms with Crippen LogP contribution in [0.4, 0.5) is 0 Å². The smallest absolute Gasteiger partial charge is 0.148 e. The van der Waals surface area contributed by atoms with Gasteiger partial charge in [-0.05, 0) is 43.6 Å².